The van der Waals surface area contributed by atoms with Crippen LogP contribution in [0.15, 0.2) is 41.4 Å². The van der Waals surface area contributed by atoms with Crippen molar-refractivity contribution in [2.24, 2.45) is 0 Å². The van der Waals surface area contributed by atoms with Gasteiger partial charge in [-0.05, 0) is 19.1 Å². The highest BCUT2D eigenvalue weighted by Gasteiger charge is 2.22. The third-order valence-corrected chi connectivity index (χ3v) is 3.93. The minimum absolute atomic E-state index is 0.0112. The Bertz CT molecular complexity index is 793. The van der Waals surface area contributed by atoms with Gasteiger partial charge in [0.15, 0.2) is 11.4 Å². The van der Waals surface area contributed by atoms with Crippen molar-refractivity contribution in [1.82, 2.24) is 4.98 Å². The molecule has 0 spiro atoms. The minimum atomic E-state index is -4.07. The predicted molar refractivity (Wildman–Crippen MR) is 74.5 cm³/mol. The summed E-state index contributed by atoms with van der Waals surface area (Å²) in [5.41, 5.74) is 0.760. The van der Waals surface area contributed by atoms with Gasteiger partial charge < -0.3 is 8.92 Å². The van der Waals surface area contributed by atoms with Crippen LogP contribution < -0.4 is 8.92 Å². The summed E-state index contributed by atoms with van der Waals surface area (Å²) in [6, 6.07) is 9.36. The van der Waals surface area contributed by atoms with E-state index in [2.05, 4.69) is 4.98 Å². The molecule has 0 radical (unpaired) electrons. The zero-order valence-corrected chi connectivity index (χ0v) is 12.2. The Hall–Kier alpha value is -2.59. The highest BCUT2D eigenvalue weighted by atomic mass is 32.2. The number of ether oxygens (including phenoxy) is 1. The molecule has 0 fully saturated rings. The van der Waals surface area contributed by atoms with Crippen molar-refractivity contribution in [3.05, 3.63) is 47.8 Å². The first-order valence-corrected chi connectivity index (χ1v) is 7.33. The van der Waals surface area contributed by atoms with E-state index in [0.717, 1.165) is 5.56 Å². The lowest BCUT2D eigenvalue weighted by atomic mass is 10.2. The summed E-state index contributed by atoms with van der Waals surface area (Å²) >= 11 is 0. The monoisotopic (exact) mass is 304 g/mol. The standard InChI is InChI=1S/C14H12N2O4S/c1-10-3-5-11(6-4-10)21(17,18)20-14-12(9-15)16-8-7-13(14)19-2/h3-8H,1-2H3. The number of methoxy groups -OCH3 is 1. The first-order valence-electron chi connectivity index (χ1n) is 5.92. The van der Waals surface area contributed by atoms with Crippen LogP contribution in [-0.4, -0.2) is 20.5 Å². The van der Waals surface area contributed by atoms with Crippen molar-refractivity contribution in [2.75, 3.05) is 7.11 Å². The van der Waals surface area contributed by atoms with Gasteiger partial charge >= 0.3 is 10.1 Å². The molecule has 6 nitrogen and oxygen atoms in total. The van der Waals surface area contributed by atoms with Gasteiger partial charge in [0, 0.05) is 12.3 Å². The lowest BCUT2D eigenvalue weighted by molar-refractivity contribution is 0.389. The molecular formula is C14H12N2O4S. The molecule has 1 aromatic heterocycles. The second kappa shape index (κ2) is 5.81. The number of hydrogen-bond donors (Lipinski definition) is 0. The smallest absolute Gasteiger partial charge is 0.339 e. The van der Waals surface area contributed by atoms with E-state index >= 15 is 0 Å². The van der Waals surface area contributed by atoms with Crippen LogP contribution in [0.1, 0.15) is 11.3 Å². The van der Waals surface area contributed by atoms with Gasteiger partial charge in [0.1, 0.15) is 11.0 Å². The van der Waals surface area contributed by atoms with Gasteiger partial charge in [-0.3, -0.25) is 0 Å². The molecule has 0 aliphatic carbocycles. The van der Waals surface area contributed by atoms with E-state index in [1.54, 1.807) is 18.2 Å². The summed E-state index contributed by atoms with van der Waals surface area (Å²) in [5, 5.41) is 9.00. The number of nitrogens with zero attached hydrogens (tertiary/aromatic N) is 2. The van der Waals surface area contributed by atoms with E-state index < -0.39 is 10.1 Å². The molecule has 0 N–H and O–H groups in total. The number of rotatable bonds is 4. The summed E-state index contributed by atoms with van der Waals surface area (Å²) in [6.07, 6.45) is 1.34. The molecule has 2 rings (SSSR count). The number of hydrogen-bond acceptors (Lipinski definition) is 6. The summed E-state index contributed by atoms with van der Waals surface area (Å²) < 4.78 is 34.5. The number of pyridine rings is 1. The summed E-state index contributed by atoms with van der Waals surface area (Å²) in [6.45, 7) is 1.84. The maximum Gasteiger partial charge on any atom is 0.339 e. The van der Waals surface area contributed by atoms with Crippen LogP contribution in [0.4, 0.5) is 0 Å². The predicted octanol–water partition coefficient (Wildman–Crippen LogP) is 2.04. The minimum Gasteiger partial charge on any atom is -0.493 e. The van der Waals surface area contributed by atoms with Gasteiger partial charge in [0.2, 0.25) is 5.75 Å². The quantitative estimate of drug-likeness (QED) is 0.803. The molecule has 0 bridgehead atoms. The van der Waals surface area contributed by atoms with Crippen molar-refractivity contribution in [1.29, 1.82) is 5.26 Å². The van der Waals surface area contributed by atoms with Crippen molar-refractivity contribution < 1.29 is 17.3 Å². The SMILES string of the molecule is COc1ccnc(C#N)c1OS(=O)(=O)c1ccc(C)cc1. The molecule has 2 aromatic rings. The molecule has 0 aliphatic rings. The first-order chi connectivity index (χ1) is 9.97. The molecule has 0 saturated carbocycles. The van der Waals surface area contributed by atoms with Gasteiger partial charge in [-0.25, -0.2) is 4.98 Å². The number of aryl methyl sites for hydroxylation is 1. The van der Waals surface area contributed by atoms with Gasteiger partial charge in [-0.1, -0.05) is 17.7 Å². The van der Waals surface area contributed by atoms with Crippen LogP contribution in [0.2, 0.25) is 0 Å². The zero-order valence-electron chi connectivity index (χ0n) is 11.4. The van der Waals surface area contributed by atoms with Crippen LogP contribution in [0.5, 0.6) is 11.5 Å². The molecule has 0 unspecified atom stereocenters. The van der Waals surface area contributed by atoms with Crippen molar-refractivity contribution in [3.8, 4) is 17.6 Å². The lowest BCUT2D eigenvalue weighted by Crippen LogP contribution is -2.12. The Balaban J connectivity index is 2.46. The van der Waals surface area contributed by atoms with Gasteiger partial charge in [0.25, 0.3) is 0 Å². The molecule has 7 heteroatoms. The lowest BCUT2D eigenvalue weighted by Gasteiger charge is -2.11. The average Bonchev–Trinajstić information content (AvgIpc) is 2.47. The highest BCUT2D eigenvalue weighted by Crippen LogP contribution is 2.31. The van der Waals surface area contributed by atoms with Crippen LogP contribution in [0, 0.1) is 18.3 Å². The summed E-state index contributed by atoms with van der Waals surface area (Å²) in [7, 11) is -2.72. The van der Waals surface area contributed by atoms with Crippen LogP contribution in [0.25, 0.3) is 0 Å². The van der Waals surface area contributed by atoms with Crippen LogP contribution >= 0.6 is 0 Å². The topological polar surface area (TPSA) is 89.3 Å². The Labute approximate surface area is 122 Å². The van der Waals surface area contributed by atoms with E-state index in [0.29, 0.717) is 0 Å². The Morgan fingerprint density at radius 1 is 1.19 bits per heavy atom. The van der Waals surface area contributed by atoms with Gasteiger partial charge in [-0.2, -0.15) is 13.7 Å². The van der Waals surface area contributed by atoms with E-state index in [9.17, 15) is 8.42 Å². The molecule has 0 saturated heterocycles. The second-order valence-corrected chi connectivity index (χ2v) is 5.70. The zero-order chi connectivity index (χ0) is 15.5. The number of nitriles is 1. The fraction of sp³-hybridized carbons (Fsp3) is 0.143. The highest BCUT2D eigenvalue weighted by molar-refractivity contribution is 7.87. The average molecular weight is 304 g/mol. The Morgan fingerprint density at radius 2 is 1.86 bits per heavy atom. The van der Waals surface area contributed by atoms with Gasteiger partial charge in [-0.15, -0.1) is 0 Å². The van der Waals surface area contributed by atoms with E-state index in [4.69, 9.17) is 14.2 Å². The summed E-state index contributed by atoms with van der Waals surface area (Å²) in [4.78, 5) is 3.76. The van der Waals surface area contributed by atoms with Crippen LogP contribution in [-0.2, 0) is 10.1 Å². The van der Waals surface area contributed by atoms with Gasteiger partial charge in [0.05, 0.1) is 7.11 Å². The molecule has 1 aromatic carbocycles. The second-order valence-electron chi connectivity index (χ2n) is 4.15. The normalized spacial score (nSPS) is 10.7. The Morgan fingerprint density at radius 3 is 2.43 bits per heavy atom. The number of benzene rings is 1. The van der Waals surface area contributed by atoms with Crippen LogP contribution in [0.3, 0.4) is 0 Å². The van der Waals surface area contributed by atoms with E-state index in [1.165, 1.54) is 31.5 Å². The van der Waals surface area contributed by atoms with E-state index in [1.807, 2.05) is 6.92 Å². The van der Waals surface area contributed by atoms with Crippen molar-refractivity contribution >= 4 is 10.1 Å². The van der Waals surface area contributed by atoms with Crippen molar-refractivity contribution in [2.45, 2.75) is 11.8 Å². The van der Waals surface area contributed by atoms with E-state index in [-0.39, 0.29) is 22.1 Å². The molecule has 108 valence electrons. The molecule has 21 heavy (non-hydrogen) atoms. The molecule has 0 atom stereocenters. The third-order valence-electron chi connectivity index (χ3n) is 2.70. The fourth-order valence-corrected chi connectivity index (χ4v) is 2.56. The molecule has 0 amide bonds. The molecular weight excluding hydrogens is 292 g/mol. The fourth-order valence-electron chi connectivity index (χ4n) is 1.61. The number of aromatic nitrogens is 1. The largest absolute Gasteiger partial charge is 0.493 e. The third kappa shape index (κ3) is 3.12. The first kappa shape index (κ1) is 14.8. The van der Waals surface area contributed by atoms with Crippen molar-refractivity contribution in [3.63, 3.8) is 0 Å². The molecule has 0 aliphatic heterocycles. The maximum atomic E-state index is 12.2. The Kier molecular flexibility index (Phi) is 4.10. The molecule has 1 heterocycles. The maximum absolute atomic E-state index is 12.2. The summed E-state index contributed by atoms with van der Waals surface area (Å²) in [5.74, 6) is -0.0969.